The fourth-order valence-electron chi connectivity index (χ4n) is 1.80. The zero-order valence-corrected chi connectivity index (χ0v) is 9.08. The molecule has 0 atom stereocenters. The molecule has 0 spiro atoms. The van der Waals surface area contributed by atoms with E-state index < -0.39 is 0 Å². The molecule has 1 saturated heterocycles. The van der Waals surface area contributed by atoms with Gasteiger partial charge in [0.15, 0.2) is 0 Å². The van der Waals surface area contributed by atoms with Gasteiger partial charge in [0.25, 0.3) is 0 Å². The minimum absolute atomic E-state index is 0.110. The number of methoxy groups -OCH3 is 1. The summed E-state index contributed by atoms with van der Waals surface area (Å²) >= 11 is 0. The van der Waals surface area contributed by atoms with Crippen LogP contribution in [0, 0.1) is 0 Å². The van der Waals surface area contributed by atoms with Crippen LogP contribution in [0.25, 0.3) is 0 Å². The number of piperidine rings is 1. The van der Waals surface area contributed by atoms with E-state index in [-0.39, 0.29) is 5.97 Å². The van der Waals surface area contributed by atoms with E-state index in [0.29, 0.717) is 12.5 Å². The third kappa shape index (κ3) is 3.64. The summed E-state index contributed by atoms with van der Waals surface area (Å²) in [6.45, 7) is 3.01. The minimum atomic E-state index is -0.110. The summed E-state index contributed by atoms with van der Waals surface area (Å²) in [5.41, 5.74) is 0. The van der Waals surface area contributed by atoms with E-state index in [9.17, 15) is 4.79 Å². The second-order valence-corrected chi connectivity index (χ2v) is 3.73. The Morgan fingerprint density at radius 1 is 1.50 bits per heavy atom. The van der Waals surface area contributed by atoms with Crippen LogP contribution in [0.4, 0.5) is 0 Å². The fourth-order valence-corrected chi connectivity index (χ4v) is 1.80. The highest BCUT2D eigenvalue weighted by atomic mass is 16.5. The molecule has 0 amide bonds. The molecule has 0 aromatic heterocycles. The molecule has 1 rings (SSSR count). The number of hydrogen-bond acceptors (Lipinski definition) is 4. The van der Waals surface area contributed by atoms with E-state index in [0.717, 1.165) is 19.6 Å². The van der Waals surface area contributed by atoms with Crippen molar-refractivity contribution >= 4 is 5.97 Å². The molecule has 0 unspecified atom stereocenters. The van der Waals surface area contributed by atoms with E-state index in [1.54, 1.807) is 0 Å². The quantitative estimate of drug-likeness (QED) is 0.660. The molecule has 4 heteroatoms. The lowest BCUT2D eigenvalue weighted by Crippen LogP contribution is -2.41. The number of nitrogens with one attached hydrogen (secondary N) is 1. The first-order valence-electron chi connectivity index (χ1n) is 5.22. The van der Waals surface area contributed by atoms with Crippen LogP contribution < -0.4 is 5.32 Å². The Balaban J connectivity index is 2.13. The lowest BCUT2D eigenvalue weighted by Gasteiger charge is -2.31. The van der Waals surface area contributed by atoms with Crippen LogP contribution in [0.2, 0.25) is 0 Å². The second kappa shape index (κ2) is 5.98. The monoisotopic (exact) mass is 200 g/mol. The van der Waals surface area contributed by atoms with Crippen LogP contribution >= 0.6 is 0 Å². The Hall–Kier alpha value is -0.610. The Morgan fingerprint density at radius 3 is 2.64 bits per heavy atom. The zero-order valence-electron chi connectivity index (χ0n) is 9.08. The average molecular weight is 200 g/mol. The van der Waals surface area contributed by atoms with Gasteiger partial charge < -0.3 is 15.0 Å². The van der Waals surface area contributed by atoms with Crippen molar-refractivity contribution in [3.05, 3.63) is 0 Å². The molecule has 1 heterocycles. The highest BCUT2D eigenvalue weighted by Gasteiger charge is 2.17. The summed E-state index contributed by atoms with van der Waals surface area (Å²) in [5.74, 6) is -0.110. The van der Waals surface area contributed by atoms with E-state index in [4.69, 9.17) is 0 Å². The summed E-state index contributed by atoms with van der Waals surface area (Å²) in [4.78, 5) is 13.2. The van der Waals surface area contributed by atoms with Crippen LogP contribution in [0.3, 0.4) is 0 Å². The lowest BCUT2D eigenvalue weighted by molar-refractivity contribution is -0.141. The zero-order chi connectivity index (χ0) is 10.4. The number of esters is 1. The van der Waals surface area contributed by atoms with Crippen molar-refractivity contribution < 1.29 is 9.53 Å². The van der Waals surface area contributed by atoms with Crippen LogP contribution in [-0.2, 0) is 9.53 Å². The molecule has 0 aromatic carbocycles. The van der Waals surface area contributed by atoms with Gasteiger partial charge in [0, 0.05) is 12.6 Å². The first-order valence-corrected chi connectivity index (χ1v) is 5.22. The third-order valence-corrected chi connectivity index (χ3v) is 2.86. The number of likely N-dealkylation sites (tertiary alicyclic amines) is 1. The molecule has 1 fully saturated rings. The van der Waals surface area contributed by atoms with Gasteiger partial charge in [-0.3, -0.25) is 4.79 Å². The number of carbonyl (C=O) groups excluding carboxylic acids is 1. The molecule has 82 valence electrons. The van der Waals surface area contributed by atoms with Crippen molar-refractivity contribution in [1.82, 2.24) is 10.2 Å². The minimum Gasteiger partial charge on any atom is -0.469 e. The summed E-state index contributed by atoms with van der Waals surface area (Å²) in [5, 5.41) is 3.28. The average Bonchev–Trinajstić information content (AvgIpc) is 2.26. The number of rotatable bonds is 4. The lowest BCUT2D eigenvalue weighted by atomic mass is 10.1. The van der Waals surface area contributed by atoms with Gasteiger partial charge in [-0.1, -0.05) is 0 Å². The Kier molecular flexibility index (Phi) is 4.90. The van der Waals surface area contributed by atoms with Crippen molar-refractivity contribution in [3.63, 3.8) is 0 Å². The summed E-state index contributed by atoms with van der Waals surface area (Å²) in [7, 11) is 3.45. The highest BCUT2D eigenvalue weighted by Crippen LogP contribution is 2.09. The molecule has 4 nitrogen and oxygen atoms in total. The Labute approximate surface area is 85.6 Å². The molecule has 0 radical (unpaired) electrons. The predicted octanol–water partition coefficient (Wildman–Crippen LogP) is 0.233. The van der Waals surface area contributed by atoms with Crippen molar-refractivity contribution in [1.29, 1.82) is 0 Å². The summed E-state index contributed by atoms with van der Waals surface area (Å²) in [6, 6.07) is 0.657. The van der Waals surface area contributed by atoms with E-state index >= 15 is 0 Å². The van der Waals surface area contributed by atoms with Gasteiger partial charge >= 0.3 is 5.97 Å². The second-order valence-electron chi connectivity index (χ2n) is 3.73. The molecule has 0 aromatic rings. The van der Waals surface area contributed by atoms with Crippen LogP contribution in [0.15, 0.2) is 0 Å². The molecule has 1 aliphatic rings. The van der Waals surface area contributed by atoms with E-state index in [1.165, 1.54) is 20.0 Å². The highest BCUT2D eigenvalue weighted by molar-refractivity contribution is 5.69. The van der Waals surface area contributed by atoms with Crippen molar-refractivity contribution in [2.75, 3.05) is 33.8 Å². The molecular formula is C10H20N2O2. The van der Waals surface area contributed by atoms with E-state index in [1.807, 2.05) is 7.05 Å². The normalized spacial score (nSPS) is 19.6. The maximum absolute atomic E-state index is 10.9. The first-order chi connectivity index (χ1) is 6.76. The van der Waals surface area contributed by atoms with Crippen molar-refractivity contribution in [3.8, 4) is 0 Å². The largest absolute Gasteiger partial charge is 0.469 e. The maximum atomic E-state index is 10.9. The Morgan fingerprint density at radius 2 is 2.14 bits per heavy atom. The van der Waals surface area contributed by atoms with Crippen molar-refractivity contribution in [2.24, 2.45) is 0 Å². The number of carbonyl (C=O) groups is 1. The Bertz CT molecular complexity index is 177. The third-order valence-electron chi connectivity index (χ3n) is 2.86. The predicted molar refractivity (Wildman–Crippen MR) is 55.2 cm³/mol. The van der Waals surface area contributed by atoms with Gasteiger partial charge in [0.05, 0.1) is 13.5 Å². The van der Waals surface area contributed by atoms with E-state index in [2.05, 4.69) is 15.0 Å². The summed E-state index contributed by atoms with van der Waals surface area (Å²) < 4.78 is 4.61. The van der Waals surface area contributed by atoms with Gasteiger partial charge in [-0.15, -0.1) is 0 Å². The molecular weight excluding hydrogens is 180 g/mol. The molecule has 1 N–H and O–H groups in total. The fraction of sp³-hybridized carbons (Fsp3) is 0.900. The molecule has 0 aliphatic carbocycles. The number of nitrogens with zero attached hydrogens (tertiary/aromatic N) is 1. The van der Waals surface area contributed by atoms with Gasteiger partial charge in [0.1, 0.15) is 0 Å². The number of ether oxygens (including phenoxy) is 1. The molecule has 0 saturated carbocycles. The van der Waals surface area contributed by atoms with Gasteiger partial charge in [-0.05, 0) is 33.0 Å². The van der Waals surface area contributed by atoms with Crippen molar-refractivity contribution in [2.45, 2.75) is 25.3 Å². The van der Waals surface area contributed by atoms with Gasteiger partial charge in [-0.2, -0.15) is 0 Å². The molecule has 0 bridgehead atoms. The van der Waals surface area contributed by atoms with Gasteiger partial charge in [-0.25, -0.2) is 0 Å². The SMILES string of the molecule is CNC1CCN(CCC(=O)OC)CC1. The maximum Gasteiger partial charge on any atom is 0.306 e. The standard InChI is InChI=1S/C10H20N2O2/c1-11-9-3-6-12(7-4-9)8-5-10(13)14-2/h9,11H,3-8H2,1-2H3. The van der Waals surface area contributed by atoms with Crippen LogP contribution in [0.1, 0.15) is 19.3 Å². The molecule has 1 aliphatic heterocycles. The van der Waals surface area contributed by atoms with Crippen LogP contribution in [0.5, 0.6) is 0 Å². The van der Waals surface area contributed by atoms with Gasteiger partial charge in [0.2, 0.25) is 0 Å². The van der Waals surface area contributed by atoms with Crippen LogP contribution in [-0.4, -0.2) is 50.7 Å². The first kappa shape index (κ1) is 11.5. The molecule has 14 heavy (non-hydrogen) atoms. The topological polar surface area (TPSA) is 41.6 Å². The summed E-state index contributed by atoms with van der Waals surface area (Å²) in [6.07, 6.45) is 2.87. The number of hydrogen-bond donors (Lipinski definition) is 1. The smallest absolute Gasteiger partial charge is 0.306 e.